The van der Waals surface area contributed by atoms with Crippen molar-refractivity contribution in [1.82, 2.24) is 5.32 Å². The van der Waals surface area contributed by atoms with Gasteiger partial charge in [-0.25, -0.2) is 0 Å². The second-order valence-electron chi connectivity index (χ2n) is 6.37. The van der Waals surface area contributed by atoms with E-state index in [9.17, 15) is 18.3 Å². The van der Waals surface area contributed by atoms with Gasteiger partial charge in [0.1, 0.15) is 0 Å². The minimum absolute atomic E-state index is 0.138. The van der Waals surface area contributed by atoms with Gasteiger partial charge in [-0.15, -0.1) is 0 Å². The summed E-state index contributed by atoms with van der Waals surface area (Å²) in [7, 11) is 0. The van der Waals surface area contributed by atoms with E-state index in [-0.39, 0.29) is 12.2 Å². The fourth-order valence-electron chi connectivity index (χ4n) is 3.29. The van der Waals surface area contributed by atoms with E-state index in [1.54, 1.807) is 18.2 Å². The summed E-state index contributed by atoms with van der Waals surface area (Å²) in [6, 6.07) is 10.6. The molecule has 1 aliphatic rings. The molecule has 1 aliphatic heterocycles. The number of aliphatic hydroxyl groups is 1. The van der Waals surface area contributed by atoms with Gasteiger partial charge in [-0.1, -0.05) is 36.4 Å². The predicted octanol–water partition coefficient (Wildman–Crippen LogP) is 4.13. The summed E-state index contributed by atoms with van der Waals surface area (Å²) in [5, 5.41) is 12.6. The van der Waals surface area contributed by atoms with Crippen LogP contribution < -0.4 is 5.32 Å². The molecule has 0 amide bonds. The van der Waals surface area contributed by atoms with Crippen molar-refractivity contribution in [1.29, 1.82) is 0 Å². The van der Waals surface area contributed by atoms with Crippen LogP contribution in [0.15, 0.2) is 42.5 Å². The third kappa shape index (κ3) is 2.75. The Labute approximate surface area is 133 Å². The zero-order valence-electron chi connectivity index (χ0n) is 12.9. The van der Waals surface area contributed by atoms with E-state index in [0.29, 0.717) is 5.56 Å². The van der Waals surface area contributed by atoms with Gasteiger partial charge in [0.25, 0.3) is 0 Å². The van der Waals surface area contributed by atoms with E-state index < -0.39 is 23.3 Å². The minimum atomic E-state index is -4.40. The van der Waals surface area contributed by atoms with Gasteiger partial charge in [-0.3, -0.25) is 5.32 Å². The van der Waals surface area contributed by atoms with Crippen LogP contribution in [-0.2, 0) is 18.3 Å². The Kier molecular flexibility index (Phi) is 3.73. The van der Waals surface area contributed by atoms with Gasteiger partial charge < -0.3 is 5.11 Å². The van der Waals surface area contributed by atoms with Crippen molar-refractivity contribution in [2.45, 2.75) is 38.2 Å². The van der Waals surface area contributed by atoms with Gasteiger partial charge in [-0.2, -0.15) is 13.2 Å². The molecule has 0 aromatic heterocycles. The number of fused-ring (bicyclic) bond motifs is 1. The molecular weight excluding hydrogens is 303 g/mol. The van der Waals surface area contributed by atoms with E-state index in [1.807, 2.05) is 19.9 Å². The van der Waals surface area contributed by atoms with E-state index in [1.165, 1.54) is 12.1 Å². The second kappa shape index (κ2) is 5.35. The van der Waals surface area contributed by atoms with Crippen molar-refractivity contribution in [3.63, 3.8) is 0 Å². The highest BCUT2D eigenvalue weighted by Crippen LogP contribution is 2.44. The largest absolute Gasteiger partial charge is 0.416 e. The molecule has 0 saturated heterocycles. The summed E-state index contributed by atoms with van der Waals surface area (Å²) in [4.78, 5) is 0. The lowest BCUT2D eigenvalue weighted by Crippen LogP contribution is -2.32. The normalized spacial score (nSPS) is 19.7. The highest BCUT2D eigenvalue weighted by atomic mass is 19.4. The topological polar surface area (TPSA) is 32.3 Å². The molecule has 0 aliphatic carbocycles. The molecule has 0 radical (unpaired) electrons. The second-order valence-corrected chi connectivity index (χ2v) is 6.37. The highest BCUT2D eigenvalue weighted by molar-refractivity contribution is 5.49. The van der Waals surface area contributed by atoms with E-state index in [4.69, 9.17) is 0 Å². The van der Waals surface area contributed by atoms with Crippen LogP contribution >= 0.6 is 0 Å². The van der Waals surface area contributed by atoms with Gasteiger partial charge in [-0.05, 0) is 42.2 Å². The minimum Gasteiger partial charge on any atom is -0.392 e. The summed E-state index contributed by atoms with van der Waals surface area (Å²) in [5.41, 5.74) is 1.58. The van der Waals surface area contributed by atoms with Gasteiger partial charge in [0.05, 0.1) is 18.2 Å². The molecular formula is C18H18F3NO. The molecule has 23 heavy (non-hydrogen) atoms. The molecule has 2 aromatic carbocycles. The van der Waals surface area contributed by atoms with Crippen LogP contribution in [0.25, 0.3) is 0 Å². The van der Waals surface area contributed by atoms with Crippen molar-refractivity contribution in [2.24, 2.45) is 0 Å². The summed E-state index contributed by atoms with van der Waals surface area (Å²) < 4.78 is 40.0. The quantitative estimate of drug-likeness (QED) is 0.872. The fourth-order valence-corrected chi connectivity index (χ4v) is 3.29. The van der Waals surface area contributed by atoms with Crippen LogP contribution in [0.4, 0.5) is 13.2 Å². The fraction of sp³-hybridized carbons (Fsp3) is 0.333. The number of benzene rings is 2. The van der Waals surface area contributed by atoms with Gasteiger partial charge in [0, 0.05) is 5.54 Å². The zero-order valence-corrected chi connectivity index (χ0v) is 12.9. The molecule has 0 bridgehead atoms. The van der Waals surface area contributed by atoms with Crippen LogP contribution in [0.3, 0.4) is 0 Å². The first-order valence-corrected chi connectivity index (χ1v) is 7.42. The SMILES string of the molecule is CC1(C)N[C@H](c2ccccc2C(F)(F)F)c2cc(CO)ccc21. The average Bonchev–Trinajstić information content (AvgIpc) is 2.77. The Bertz CT molecular complexity index is 737. The lowest BCUT2D eigenvalue weighted by Gasteiger charge is -2.23. The van der Waals surface area contributed by atoms with Crippen molar-refractivity contribution in [2.75, 3.05) is 0 Å². The lowest BCUT2D eigenvalue weighted by molar-refractivity contribution is -0.138. The van der Waals surface area contributed by atoms with Crippen LogP contribution in [0.5, 0.6) is 0 Å². The first-order valence-electron chi connectivity index (χ1n) is 7.42. The summed E-state index contributed by atoms with van der Waals surface area (Å²) in [6.07, 6.45) is -4.40. The summed E-state index contributed by atoms with van der Waals surface area (Å²) in [6.45, 7) is 3.75. The molecule has 0 saturated carbocycles. The first kappa shape index (κ1) is 16.0. The average molecular weight is 321 g/mol. The number of hydrogen-bond acceptors (Lipinski definition) is 2. The predicted molar refractivity (Wildman–Crippen MR) is 81.8 cm³/mol. The maximum absolute atomic E-state index is 13.3. The molecule has 1 atom stereocenters. The van der Waals surface area contributed by atoms with Gasteiger partial charge >= 0.3 is 6.18 Å². The van der Waals surface area contributed by atoms with E-state index >= 15 is 0 Å². The molecule has 2 aromatic rings. The summed E-state index contributed by atoms with van der Waals surface area (Å²) in [5.74, 6) is 0. The number of halogens is 3. The molecule has 0 spiro atoms. The first-order chi connectivity index (χ1) is 10.7. The number of aliphatic hydroxyl groups excluding tert-OH is 1. The van der Waals surface area contributed by atoms with E-state index in [2.05, 4.69) is 5.32 Å². The van der Waals surface area contributed by atoms with E-state index in [0.717, 1.165) is 17.2 Å². The number of rotatable bonds is 2. The van der Waals surface area contributed by atoms with Crippen molar-refractivity contribution >= 4 is 0 Å². The Morgan fingerprint density at radius 3 is 2.43 bits per heavy atom. The Balaban J connectivity index is 2.18. The van der Waals surface area contributed by atoms with Gasteiger partial charge in [0.2, 0.25) is 0 Å². The number of alkyl halides is 3. The standard InChI is InChI=1S/C18H18F3NO/c1-17(2)14-8-7-11(10-23)9-13(14)16(22-17)12-5-3-4-6-15(12)18(19,20)21/h3-9,16,22-23H,10H2,1-2H3/t16-/m1/s1. The van der Waals surface area contributed by atoms with Crippen molar-refractivity contribution in [3.05, 3.63) is 70.3 Å². The number of nitrogens with one attached hydrogen (secondary N) is 1. The number of hydrogen-bond donors (Lipinski definition) is 2. The highest BCUT2D eigenvalue weighted by Gasteiger charge is 2.41. The molecule has 2 nitrogen and oxygen atoms in total. The Morgan fingerprint density at radius 2 is 1.78 bits per heavy atom. The van der Waals surface area contributed by atoms with Gasteiger partial charge in [0.15, 0.2) is 0 Å². The lowest BCUT2D eigenvalue weighted by atomic mass is 9.90. The third-order valence-electron chi connectivity index (χ3n) is 4.37. The zero-order chi connectivity index (χ0) is 16.8. The summed E-state index contributed by atoms with van der Waals surface area (Å²) >= 11 is 0. The van der Waals surface area contributed by atoms with Crippen molar-refractivity contribution < 1.29 is 18.3 Å². The van der Waals surface area contributed by atoms with Crippen LogP contribution in [0, 0.1) is 0 Å². The van der Waals surface area contributed by atoms with Crippen LogP contribution in [-0.4, -0.2) is 5.11 Å². The van der Waals surface area contributed by atoms with Crippen LogP contribution in [0.1, 0.15) is 47.7 Å². The third-order valence-corrected chi connectivity index (χ3v) is 4.37. The Morgan fingerprint density at radius 1 is 1.09 bits per heavy atom. The molecule has 5 heteroatoms. The maximum Gasteiger partial charge on any atom is 0.416 e. The molecule has 0 unspecified atom stereocenters. The molecule has 122 valence electrons. The smallest absolute Gasteiger partial charge is 0.392 e. The van der Waals surface area contributed by atoms with Crippen LogP contribution in [0.2, 0.25) is 0 Å². The molecule has 3 rings (SSSR count). The maximum atomic E-state index is 13.3. The molecule has 0 fully saturated rings. The Hall–Kier alpha value is -1.85. The monoisotopic (exact) mass is 321 g/mol. The molecule has 1 heterocycles. The molecule has 2 N–H and O–H groups in total. The van der Waals surface area contributed by atoms with Crippen molar-refractivity contribution in [3.8, 4) is 0 Å².